The highest BCUT2D eigenvalue weighted by Crippen LogP contribution is 2.26. The molecule has 25 heavy (non-hydrogen) atoms. The molecule has 0 saturated heterocycles. The standard InChI is InChI=1S/C20H20N2OS2/c1-13-5-4-6-18(15(13)3)22-19(23)17-9-7-16(8-10-17)12-25-20-21-14(2)11-24-20/h4-11H,12H2,1-3H3,(H,22,23). The number of hydrogen-bond donors (Lipinski definition) is 1. The summed E-state index contributed by atoms with van der Waals surface area (Å²) in [6.45, 7) is 6.07. The molecule has 0 aliphatic heterocycles. The molecular formula is C20H20N2OS2. The molecule has 3 aromatic rings. The average Bonchev–Trinajstić information content (AvgIpc) is 3.03. The predicted octanol–water partition coefficient (Wildman–Crippen LogP) is 5.61. The summed E-state index contributed by atoms with van der Waals surface area (Å²) < 4.78 is 1.08. The highest BCUT2D eigenvalue weighted by molar-refractivity contribution is 8.00. The number of carbonyl (C=O) groups is 1. The Morgan fingerprint density at radius 1 is 1.12 bits per heavy atom. The van der Waals surface area contributed by atoms with Crippen LogP contribution in [0, 0.1) is 20.8 Å². The van der Waals surface area contributed by atoms with Gasteiger partial charge in [-0.2, -0.15) is 0 Å². The maximum absolute atomic E-state index is 12.4. The molecule has 0 unspecified atom stereocenters. The van der Waals surface area contributed by atoms with Crippen LogP contribution in [0.5, 0.6) is 0 Å². The normalized spacial score (nSPS) is 10.7. The molecule has 2 aromatic carbocycles. The fourth-order valence-electron chi connectivity index (χ4n) is 2.38. The van der Waals surface area contributed by atoms with Gasteiger partial charge in [-0.15, -0.1) is 11.3 Å². The van der Waals surface area contributed by atoms with E-state index in [9.17, 15) is 4.79 Å². The zero-order chi connectivity index (χ0) is 17.8. The van der Waals surface area contributed by atoms with Gasteiger partial charge in [-0.3, -0.25) is 4.79 Å². The maximum Gasteiger partial charge on any atom is 0.255 e. The van der Waals surface area contributed by atoms with Gasteiger partial charge in [-0.25, -0.2) is 4.98 Å². The molecule has 0 aliphatic rings. The third kappa shape index (κ3) is 4.50. The number of aromatic nitrogens is 1. The lowest BCUT2D eigenvalue weighted by Gasteiger charge is -2.10. The first kappa shape index (κ1) is 17.7. The van der Waals surface area contributed by atoms with E-state index in [1.165, 1.54) is 11.1 Å². The van der Waals surface area contributed by atoms with Gasteiger partial charge in [-0.1, -0.05) is 36.0 Å². The van der Waals surface area contributed by atoms with Gasteiger partial charge < -0.3 is 5.32 Å². The molecule has 0 spiro atoms. The summed E-state index contributed by atoms with van der Waals surface area (Å²) in [6.07, 6.45) is 0. The lowest BCUT2D eigenvalue weighted by Crippen LogP contribution is -2.13. The first-order valence-corrected chi connectivity index (χ1v) is 9.91. The molecule has 0 fully saturated rings. The second-order valence-electron chi connectivity index (χ2n) is 5.94. The monoisotopic (exact) mass is 368 g/mol. The SMILES string of the molecule is Cc1csc(SCc2ccc(C(=O)Nc3cccc(C)c3C)cc2)n1. The van der Waals surface area contributed by atoms with Crippen molar-refractivity contribution in [3.8, 4) is 0 Å². The third-order valence-electron chi connectivity index (χ3n) is 4.03. The second-order valence-corrected chi connectivity index (χ2v) is 8.02. The molecule has 0 bridgehead atoms. The molecule has 1 aromatic heterocycles. The lowest BCUT2D eigenvalue weighted by atomic mass is 10.1. The van der Waals surface area contributed by atoms with Gasteiger partial charge in [0.1, 0.15) is 4.34 Å². The van der Waals surface area contributed by atoms with Crippen molar-refractivity contribution >= 4 is 34.7 Å². The number of nitrogens with zero attached hydrogens (tertiary/aromatic N) is 1. The molecule has 5 heteroatoms. The zero-order valence-electron chi connectivity index (χ0n) is 14.5. The number of thiazole rings is 1. The zero-order valence-corrected chi connectivity index (χ0v) is 16.1. The number of benzene rings is 2. The highest BCUT2D eigenvalue weighted by Gasteiger charge is 2.09. The van der Waals surface area contributed by atoms with Crippen LogP contribution in [-0.4, -0.2) is 10.9 Å². The van der Waals surface area contributed by atoms with Crippen molar-refractivity contribution in [3.05, 3.63) is 75.8 Å². The quantitative estimate of drug-likeness (QED) is 0.595. The van der Waals surface area contributed by atoms with Crippen LogP contribution in [0.1, 0.15) is 32.7 Å². The van der Waals surface area contributed by atoms with E-state index in [0.717, 1.165) is 27.0 Å². The number of carbonyl (C=O) groups excluding carboxylic acids is 1. The van der Waals surface area contributed by atoms with Gasteiger partial charge in [0, 0.05) is 28.1 Å². The number of rotatable bonds is 5. The van der Waals surface area contributed by atoms with Crippen LogP contribution in [0.3, 0.4) is 0 Å². The van der Waals surface area contributed by atoms with E-state index < -0.39 is 0 Å². The predicted molar refractivity (Wildman–Crippen MR) is 107 cm³/mol. The van der Waals surface area contributed by atoms with Crippen molar-refractivity contribution in [1.29, 1.82) is 0 Å². The summed E-state index contributed by atoms with van der Waals surface area (Å²) in [4.78, 5) is 16.9. The average molecular weight is 369 g/mol. The minimum atomic E-state index is -0.0801. The Labute approximate surface area is 156 Å². The van der Waals surface area contributed by atoms with Crippen molar-refractivity contribution in [3.63, 3.8) is 0 Å². The Morgan fingerprint density at radius 3 is 2.56 bits per heavy atom. The number of nitrogens with one attached hydrogen (secondary N) is 1. The Hall–Kier alpha value is -2.11. The molecule has 1 N–H and O–H groups in total. The number of anilines is 1. The van der Waals surface area contributed by atoms with Crippen LogP contribution in [0.25, 0.3) is 0 Å². The van der Waals surface area contributed by atoms with E-state index in [1.54, 1.807) is 23.1 Å². The number of hydrogen-bond acceptors (Lipinski definition) is 4. The van der Waals surface area contributed by atoms with Gasteiger partial charge >= 0.3 is 0 Å². The Balaban J connectivity index is 1.63. The fraction of sp³-hybridized carbons (Fsp3) is 0.200. The molecule has 3 nitrogen and oxygen atoms in total. The van der Waals surface area contributed by atoms with Crippen molar-refractivity contribution in [2.75, 3.05) is 5.32 Å². The number of thioether (sulfide) groups is 1. The molecule has 1 heterocycles. The Bertz CT molecular complexity index is 885. The van der Waals surface area contributed by atoms with Crippen LogP contribution in [0.2, 0.25) is 0 Å². The van der Waals surface area contributed by atoms with Crippen LogP contribution >= 0.6 is 23.1 Å². The summed E-state index contributed by atoms with van der Waals surface area (Å²) >= 11 is 3.39. The molecule has 0 saturated carbocycles. The molecule has 0 radical (unpaired) electrons. The van der Waals surface area contributed by atoms with E-state index in [-0.39, 0.29) is 5.91 Å². The number of aryl methyl sites for hydroxylation is 2. The van der Waals surface area contributed by atoms with E-state index in [0.29, 0.717) is 5.56 Å². The van der Waals surface area contributed by atoms with Crippen molar-refractivity contribution in [1.82, 2.24) is 4.98 Å². The first-order valence-electron chi connectivity index (χ1n) is 8.04. The van der Waals surface area contributed by atoms with Gasteiger partial charge in [0.25, 0.3) is 5.91 Å². The molecular weight excluding hydrogens is 348 g/mol. The van der Waals surface area contributed by atoms with E-state index in [4.69, 9.17) is 0 Å². The van der Waals surface area contributed by atoms with Crippen molar-refractivity contribution < 1.29 is 4.79 Å². The molecule has 128 valence electrons. The molecule has 0 aliphatic carbocycles. The summed E-state index contributed by atoms with van der Waals surface area (Å²) in [5.74, 6) is 0.773. The molecule has 0 atom stereocenters. The van der Waals surface area contributed by atoms with Crippen LogP contribution in [0.15, 0.2) is 52.2 Å². The minimum absolute atomic E-state index is 0.0801. The second kappa shape index (κ2) is 7.85. The van der Waals surface area contributed by atoms with E-state index in [2.05, 4.69) is 15.7 Å². The summed E-state index contributed by atoms with van der Waals surface area (Å²) in [5, 5.41) is 5.05. The molecule has 1 amide bonds. The highest BCUT2D eigenvalue weighted by atomic mass is 32.2. The molecule has 3 rings (SSSR count). The minimum Gasteiger partial charge on any atom is -0.322 e. The van der Waals surface area contributed by atoms with E-state index >= 15 is 0 Å². The smallest absolute Gasteiger partial charge is 0.255 e. The Morgan fingerprint density at radius 2 is 1.88 bits per heavy atom. The first-order chi connectivity index (χ1) is 12.0. The Kier molecular flexibility index (Phi) is 5.56. The topological polar surface area (TPSA) is 42.0 Å². The van der Waals surface area contributed by atoms with Crippen LogP contribution in [-0.2, 0) is 5.75 Å². The number of amides is 1. The summed E-state index contributed by atoms with van der Waals surface area (Å²) in [7, 11) is 0. The summed E-state index contributed by atoms with van der Waals surface area (Å²) in [6, 6.07) is 13.7. The largest absolute Gasteiger partial charge is 0.322 e. The van der Waals surface area contributed by atoms with Crippen molar-refractivity contribution in [2.45, 2.75) is 30.9 Å². The van der Waals surface area contributed by atoms with Gasteiger partial charge in [0.2, 0.25) is 0 Å². The summed E-state index contributed by atoms with van der Waals surface area (Å²) in [5.41, 5.74) is 6.04. The third-order valence-corrected chi connectivity index (χ3v) is 6.24. The van der Waals surface area contributed by atoms with Gasteiger partial charge in [-0.05, 0) is 55.7 Å². The van der Waals surface area contributed by atoms with Gasteiger partial charge in [0.05, 0.1) is 0 Å². The lowest BCUT2D eigenvalue weighted by molar-refractivity contribution is 0.102. The van der Waals surface area contributed by atoms with Crippen LogP contribution < -0.4 is 5.32 Å². The van der Waals surface area contributed by atoms with Crippen molar-refractivity contribution in [2.24, 2.45) is 0 Å². The fourth-order valence-corrected chi connectivity index (χ4v) is 4.18. The maximum atomic E-state index is 12.4. The van der Waals surface area contributed by atoms with Crippen LogP contribution in [0.4, 0.5) is 5.69 Å². The van der Waals surface area contributed by atoms with Gasteiger partial charge in [0.15, 0.2) is 0 Å². The van der Waals surface area contributed by atoms with E-state index in [1.807, 2.05) is 63.2 Å².